The predicted octanol–water partition coefficient (Wildman–Crippen LogP) is 3.37. The quantitative estimate of drug-likeness (QED) is 0.408. The van der Waals surface area contributed by atoms with E-state index in [0.29, 0.717) is 11.6 Å². The zero-order valence-electron chi connectivity index (χ0n) is 13.5. The number of thioether (sulfide) groups is 1. The monoisotopic (exact) mass is 373 g/mol. The van der Waals surface area contributed by atoms with Crippen molar-refractivity contribution in [2.75, 3.05) is 5.75 Å². The van der Waals surface area contributed by atoms with Crippen LogP contribution in [0.4, 0.5) is 0 Å². The van der Waals surface area contributed by atoms with Crippen molar-refractivity contribution in [3.05, 3.63) is 53.6 Å². The lowest BCUT2D eigenvalue weighted by Gasteiger charge is -2.04. The van der Waals surface area contributed by atoms with Crippen LogP contribution in [0.25, 0.3) is 11.0 Å². The molecule has 1 heterocycles. The number of rotatable bonds is 6. The second-order valence-corrected chi connectivity index (χ2v) is 6.85. The number of carbonyl (C=O) groups excluding carboxylic acids is 1. The van der Waals surface area contributed by atoms with E-state index in [1.807, 2.05) is 43.3 Å². The van der Waals surface area contributed by atoms with E-state index in [4.69, 9.17) is 11.6 Å². The number of carbonyl (C=O) groups is 1. The van der Waals surface area contributed by atoms with E-state index in [-0.39, 0.29) is 11.7 Å². The number of aromatic nitrogens is 3. The molecule has 25 heavy (non-hydrogen) atoms. The number of fused-ring (bicyclic) bond motifs is 1. The van der Waals surface area contributed by atoms with Crippen molar-refractivity contribution in [2.24, 2.45) is 5.10 Å². The Morgan fingerprint density at radius 1 is 1.24 bits per heavy atom. The first kappa shape index (κ1) is 17.4. The summed E-state index contributed by atoms with van der Waals surface area (Å²) >= 11 is 7.26. The van der Waals surface area contributed by atoms with Crippen LogP contribution < -0.4 is 5.43 Å². The Kier molecular flexibility index (Phi) is 5.67. The van der Waals surface area contributed by atoms with Crippen LogP contribution in [0.1, 0.15) is 6.92 Å². The summed E-state index contributed by atoms with van der Waals surface area (Å²) in [6.45, 7) is 2.30. The van der Waals surface area contributed by atoms with E-state index >= 15 is 0 Å². The van der Waals surface area contributed by atoms with Crippen LogP contribution in [0, 0.1) is 0 Å². The summed E-state index contributed by atoms with van der Waals surface area (Å²) in [5.74, 6) is 0.118. The van der Waals surface area contributed by atoms with Gasteiger partial charge in [0.15, 0.2) is 0 Å². The second kappa shape index (κ2) is 8.13. The molecule has 0 saturated carbocycles. The molecule has 1 N–H and O–H groups in total. The molecule has 8 heteroatoms. The van der Waals surface area contributed by atoms with E-state index < -0.39 is 0 Å². The first-order valence-electron chi connectivity index (χ1n) is 7.60. The van der Waals surface area contributed by atoms with Gasteiger partial charge in [0.2, 0.25) is 5.91 Å². The fourth-order valence-corrected chi connectivity index (χ4v) is 2.97. The number of para-hydroxylation sites is 1. The van der Waals surface area contributed by atoms with Gasteiger partial charge in [-0.25, -0.2) is 10.1 Å². The summed E-state index contributed by atoms with van der Waals surface area (Å²) in [5.41, 5.74) is 5.07. The maximum Gasteiger partial charge on any atom is 0.250 e. The molecule has 3 aromatic rings. The number of nitrogens with zero attached hydrogens (tertiary/aromatic N) is 4. The highest BCUT2D eigenvalue weighted by Gasteiger charge is 2.06. The molecule has 0 aliphatic rings. The van der Waals surface area contributed by atoms with Gasteiger partial charge in [0.1, 0.15) is 5.52 Å². The minimum atomic E-state index is -0.164. The normalized spacial score (nSPS) is 11.7. The highest BCUT2D eigenvalue weighted by atomic mass is 35.5. The average molecular weight is 374 g/mol. The molecule has 0 unspecified atom stereocenters. The summed E-state index contributed by atoms with van der Waals surface area (Å²) in [6.07, 6.45) is 0. The zero-order valence-corrected chi connectivity index (χ0v) is 15.1. The fraction of sp³-hybridized carbons (Fsp3) is 0.176. The molecule has 2 aromatic carbocycles. The fourth-order valence-electron chi connectivity index (χ4n) is 2.16. The summed E-state index contributed by atoms with van der Waals surface area (Å²) in [7, 11) is 0. The van der Waals surface area contributed by atoms with Gasteiger partial charge in [-0.15, -0.1) is 16.9 Å². The Morgan fingerprint density at radius 2 is 2.00 bits per heavy atom. The molecule has 6 nitrogen and oxygen atoms in total. The van der Waals surface area contributed by atoms with Crippen molar-refractivity contribution >= 4 is 46.0 Å². The minimum Gasteiger partial charge on any atom is -0.272 e. The number of amides is 1. The van der Waals surface area contributed by atoms with Crippen LogP contribution in [-0.2, 0) is 11.3 Å². The molecular formula is C17H16ClN5OS. The van der Waals surface area contributed by atoms with Crippen LogP contribution in [0.2, 0.25) is 5.02 Å². The van der Waals surface area contributed by atoms with Crippen LogP contribution >= 0.6 is 23.4 Å². The summed E-state index contributed by atoms with van der Waals surface area (Å²) in [4.78, 5) is 12.9. The van der Waals surface area contributed by atoms with Gasteiger partial charge in [-0.05, 0) is 43.3 Å². The highest BCUT2D eigenvalue weighted by molar-refractivity contribution is 8.00. The summed E-state index contributed by atoms with van der Waals surface area (Å²) in [5, 5.41) is 13.0. The van der Waals surface area contributed by atoms with E-state index in [9.17, 15) is 4.79 Å². The highest BCUT2D eigenvalue weighted by Crippen LogP contribution is 2.19. The molecule has 1 amide bonds. The molecule has 0 spiro atoms. The molecule has 0 atom stereocenters. The van der Waals surface area contributed by atoms with Gasteiger partial charge >= 0.3 is 0 Å². The van der Waals surface area contributed by atoms with E-state index in [2.05, 4.69) is 20.8 Å². The van der Waals surface area contributed by atoms with E-state index in [1.54, 1.807) is 16.8 Å². The largest absolute Gasteiger partial charge is 0.272 e. The maximum atomic E-state index is 11.9. The van der Waals surface area contributed by atoms with Crippen LogP contribution in [0.3, 0.4) is 0 Å². The molecule has 0 aliphatic heterocycles. The lowest BCUT2D eigenvalue weighted by atomic mass is 10.3. The molecule has 3 rings (SSSR count). The Bertz CT molecular complexity index is 907. The SMILES string of the molecule is C/C(Cn1nnc2ccccc21)=N/NC(=O)CSc1ccc(Cl)cc1. The third kappa shape index (κ3) is 4.80. The number of halogens is 1. The lowest BCUT2D eigenvalue weighted by molar-refractivity contribution is -0.118. The standard InChI is InChI=1S/C17H16ClN5OS/c1-12(10-23-16-5-3-2-4-15(16)20-22-23)19-21-17(24)11-25-14-8-6-13(18)7-9-14/h2-9H,10-11H2,1H3,(H,21,24)/b19-12-. The minimum absolute atomic E-state index is 0.164. The third-order valence-electron chi connectivity index (χ3n) is 3.35. The van der Waals surface area contributed by atoms with Gasteiger partial charge in [-0.3, -0.25) is 4.79 Å². The van der Waals surface area contributed by atoms with Gasteiger partial charge in [-0.1, -0.05) is 28.9 Å². The maximum absolute atomic E-state index is 11.9. The Morgan fingerprint density at radius 3 is 2.80 bits per heavy atom. The van der Waals surface area contributed by atoms with Crippen molar-refractivity contribution in [3.8, 4) is 0 Å². The van der Waals surface area contributed by atoms with Crippen molar-refractivity contribution < 1.29 is 4.79 Å². The smallest absolute Gasteiger partial charge is 0.250 e. The van der Waals surface area contributed by atoms with Crippen molar-refractivity contribution in [3.63, 3.8) is 0 Å². The van der Waals surface area contributed by atoms with Gasteiger partial charge in [0.05, 0.1) is 23.5 Å². The van der Waals surface area contributed by atoms with Crippen LogP contribution in [-0.4, -0.2) is 32.4 Å². The van der Waals surface area contributed by atoms with Crippen molar-refractivity contribution in [1.29, 1.82) is 0 Å². The predicted molar refractivity (Wildman–Crippen MR) is 101 cm³/mol. The van der Waals surface area contributed by atoms with Crippen LogP contribution in [0.15, 0.2) is 58.5 Å². The Hall–Kier alpha value is -2.38. The topological polar surface area (TPSA) is 72.2 Å². The first-order chi connectivity index (χ1) is 12.1. The molecule has 128 valence electrons. The van der Waals surface area contributed by atoms with E-state index in [0.717, 1.165) is 21.6 Å². The summed E-state index contributed by atoms with van der Waals surface area (Å²) < 4.78 is 1.75. The molecular weight excluding hydrogens is 358 g/mol. The third-order valence-corrected chi connectivity index (χ3v) is 4.62. The zero-order chi connectivity index (χ0) is 17.6. The lowest BCUT2D eigenvalue weighted by Crippen LogP contribution is -2.22. The molecule has 0 radical (unpaired) electrons. The summed E-state index contributed by atoms with van der Waals surface area (Å²) in [6, 6.07) is 15.1. The van der Waals surface area contributed by atoms with E-state index in [1.165, 1.54) is 11.8 Å². The van der Waals surface area contributed by atoms with Crippen molar-refractivity contribution in [1.82, 2.24) is 20.4 Å². The Labute approximate surface area is 154 Å². The first-order valence-corrected chi connectivity index (χ1v) is 8.97. The molecule has 1 aromatic heterocycles. The molecule has 0 fully saturated rings. The van der Waals surface area contributed by atoms with Gasteiger partial charge in [0, 0.05) is 9.92 Å². The van der Waals surface area contributed by atoms with Gasteiger partial charge in [0.25, 0.3) is 0 Å². The number of hydrazone groups is 1. The number of nitrogens with one attached hydrogen (secondary N) is 1. The molecule has 0 saturated heterocycles. The molecule has 0 bridgehead atoms. The average Bonchev–Trinajstić information content (AvgIpc) is 3.02. The second-order valence-electron chi connectivity index (χ2n) is 5.36. The van der Waals surface area contributed by atoms with Crippen molar-refractivity contribution in [2.45, 2.75) is 18.4 Å². The van der Waals surface area contributed by atoms with Gasteiger partial charge in [-0.2, -0.15) is 5.10 Å². The number of benzene rings is 2. The Balaban J connectivity index is 1.52. The number of hydrogen-bond acceptors (Lipinski definition) is 5. The number of hydrogen-bond donors (Lipinski definition) is 1. The van der Waals surface area contributed by atoms with Crippen LogP contribution in [0.5, 0.6) is 0 Å². The van der Waals surface area contributed by atoms with Gasteiger partial charge < -0.3 is 0 Å². The molecule has 0 aliphatic carbocycles.